The molecule has 3 aromatic rings. The molecule has 1 aromatic heterocycles. The van der Waals surface area contributed by atoms with Crippen LogP contribution in [0.2, 0.25) is 0 Å². The first-order valence-corrected chi connectivity index (χ1v) is 12.2. The Morgan fingerprint density at radius 2 is 1.85 bits per heavy atom. The second-order valence-electron chi connectivity index (χ2n) is 8.33. The minimum absolute atomic E-state index is 0.0380. The van der Waals surface area contributed by atoms with Gasteiger partial charge in [0.1, 0.15) is 11.6 Å². The molecule has 0 radical (unpaired) electrons. The molecule has 3 rings (SSSR count). The van der Waals surface area contributed by atoms with Crippen LogP contribution in [0, 0.1) is 5.82 Å². The van der Waals surface area contributed by atoms with E-state index in [9.17, 15) is 19.4 Å². The smallest absolute Gasteiger partial charge is 0.305 e. The van der Waals surface area contributed by atoms with Crippen LogP contribution in [0.3, 0.4) is 0 Å². The Hall–Kier alpha value is -2.94. The predicted octanol–water partition coefficient (Wildman–Crippen LogP) is 5.26. The van der Waals surface area contributed by atoms with E-state index in [1.165, 1.54) is 18.2 Å². The highest BCUT2D eigenvalue weighted by Gasteiger charge is 2.21. The summed E-state index contributed by atoms with van der Waals surface area (Å²) in [6.45, 7) is 4.02. The molecule has 2 aromatic carbocycles. The molecule has 0 amide bonds. The Bertz CT molecular complexity index is 1160. The normalized spacial score (nSPS) is 13.5. The van der Waals surface area contributed by atoms with Crippen LogP contribution in [0.25, 0.3) is 28.7 Å². The number of halogens is 1. The number of nitrogens with zero attached hydrogens (tertiary/aromatic N) is 2. The van der Waals surface area contributed by atoms with E-state index in [2.05, 4.69) is 6.07 Å². The molecule has 0 spiro atoms. The summed E-state index contributed by atoms with van der Waals surface area (Å²) in [5.74, 6) is -0.686. The first-order chi connectivity index (χ1) is 16.2. The van der Waals surface area contributed by atoms with Crippen molar-refractivity contribution in [2.75, 3.05) is 6.26 Å². The summed E-state index contributed by atoms with van der Waals surface area (Å²) in [4.78, 5) is 16.8. The summed E-state index contributed by atoms with van der Waals surface area (Å²) in [5, 5.41) is 29.1. The number of aromatic nitrogens is 2. The summed E-state index contributed by atoms with van der Waals surface area (Å²) in [5.41, 5.74) is 3.15. The third-order valence-electron chi connectivity index (χ3n) is 5.30. The van der Waals surface area contributed by atoms with Crippen molar-refractivity contribution >= 4 is 23.9 Å². The van der Waals surface area contributed by atoms with E-state index in [-0.39, 0.29) is 18.2 Å². The van der Waals surface area contributed by atoms with Crippen molar-refractivity contribution in [2.24, 2.45) is 0 Å². The minimum atomic E-state index is -1.16. The van der Waals surface area contributed by atoms with Crippen LogP contribution >= 0.6 is 11.8 Å². The van der Waals surface area contributed by atoms with Crippen molar-refractivity contribution < 1.29 is 24.5 Å². The topological polar surface area (TPSA) is 95.6 Å². The molecule has 0 bridgehead atoms. The lowest BCUT2D eigenvalue weighted by molar-refractivity contribution is -0.139. The summed E-state index contributed by atoms with van der Waals surface area (Å²) in [7, 11) is 0. The molecular weight excluding hydrogens is 455 g/mol. The average Bonchev–Trinajstić information content (AvgIpc) is 3.17. The van der Waals surface area contributed by atoms with Gasteiger partial charge in [-0.15, -0.1) is 11.8 Å². The zero-order chi connectivity index (χ0) is 24.8. The fourth-order valence-corrected chi connectivity index (χ4v) is 4.15. The van der Waals surface area contributed by atoms with Crippen LogP contribution < -0.4 is 0 Å². The van der Waals surface area contributed by atoms with Gasteiger partial charge in [0.2, 0.25) is 0 Å². The summed E-state index contributed by atoms with van der Waals surface area (Å²) in [6.07, 6.45) is 2.43. The van der Waals surface area contributed by atoms with Gasteiger partial charge in [0.15, 0.2) is 0 Å². The molecule has 3 N–H and O–H groups in total. The van der Waals surface area contributed by atoms with Gasteiger partial charge in [0.25, 0.3) is 0 Å². The van der Waals surface area contributed by atoms with E-state index in [1.807, 2.05) is 42.9 Å². The van der Waals surface area contributed by atoms with Crippen molar-refractivity contribution in [3.8, 4) is 22.5 Å². The lowest BCUT2D eigenvalue weighted by Gasteiger charge is -2.13. The van der Waals surface area contributed by atoms with E-state index in [0.717, 1.165) is 33.2 Å². The number of aliphatic carboxylic acids is 1. The van der Waals surface area contributed by atoms with E-state index in [1.54, 1.807) is 30.1 Å². The molecule has 34 heavy (non-hydrogen) atoms. The first-order valence-electron chi connectivity index (χ1n) is 11.0. The van der Waals surface area contributed by atoms with Gasteiger partial charge in [-0.25, -0.2) is 9.37 Å². The Morgan fingerprint density at radius 3 is 2.47 bits per heavy atom. The number of hydrogen-bond acceptors (Lipinski definition) is 5. The molecule has 1 heterocycles. The van der Waals surface area contributed by atoms with Crippen molar-refractivity contribution in [1.82, 2.24) is 9.55 Å². The van der Waals surface area contributed by atoms with Gasteiger partial charge in [0.05, 0.1) is 30.0 Å². The molecule has 0 saturated heterocycles. The maximum Gasteiger partial charge on any atom is 0.305 e. The van der Waals surface area contributed by atoms with Crippen LogP contribution in [-0.4, -0.2) is 49.3 Å². The third-order valence-corrected chi connectivity index (χ3v) is 6.02. The minimum Gasteiger partial charge on any atom is -0.481 e. The van der Waals surface area contributed by atoms with Crippen molar-refractivity contribution in [1.29, 1.82) is 0 Å². The fraction of sp³-hybridized carbons (Fsp3) is 0.308. The van der Waals surface area contributed by atoms with E-state index in [0.29, 0.717) is 0 Å². The van der Waals surface area contributed by atoms with Crippen LogP contribution in [0.4, 0.5) is 4.39 Å². The van der Waals surface area contributed by atoms with Gasteiger partial charge in [-0.3, -0.25) is 4.79 Å². The zero-order valence-corrected chi connectivity index (χ0v) is 20.2. The molecule has 0 aliphatic rings. The molecular formula is C26H29FN2O4S. The van der Waals surface area contributed by atoms with Crippen LogP contribution in [0.1, 0.15) is 38.4 Å². The lowest BCUT2D eigenvalue weighted by Crippen LogP contribution is -2.19. The number of benzene rings is 2. The van der Waals surface area contributed by atoms with E-state index >= 15 is 0 Å². The van der Waals surface area contributed by atoms with Crippen molar-refractivity contribution in [3.05, 3.63) is 66.2 Å². The standard InChI is InChI=1S/C26H29FN2O4S/c1-16(2)26-28-24(18-5-4-6-22(13-18)34-3)25(17-7-9-19(27)10-8-17)29(26)12-11-20(30)14-21(31)15-23(32)33/h4-13,16,20-21,30-31H,14-15H2,1-3H3,(H,32,33)/b12-11+. The number of carboxylic acid groups (broad SMARTS) is 1. The van der Waals surface area contributed by atoms with Crippen LogP contribution in [-0.2, 0) is 4.79 Å². The second-order valence-corrected chi connectivity index (χ2v) is 9.21. The Morgan fingerprint density at radius 1 is 1.15 bits per heavy atom. The van der Waals surface area contributed by atoms with Crippen molar-refractivity contribution in [2.45, 2.75) is 49.7 Å². The number of aliphatic hydroxyl groups excluding tert-OH is 2. The predicted molar refractivity (Wildman–Crippen MR) is 133 cm³/mol. The highest BCUT2D eigenvalue weighted by molar-refractivity contribution is 7.98. The SMILES string of the molecule is CSc1cccc(-c2nc(C(C)C)n(/C=C/C(O)CC(O)CC(=O)O)c2-c2ccc(F)cc2)c1. The van der Waals surface area contributed by atoms with Gasteiger partial charge < -0.3 is 19.9 Å². The Balaban J connectivity index is 2.12. The third kappa shape index (κ3) is 6.34. The fourth-order valence-electron chi connectivity index (χ4n) is 3.69. The first kappa shape index (κ1) is 25.7. The molecule has 8 heteroatoms. The van der Waals surface area contributed by atoms with E-state index in [4.69, 9.17) is 10.1 Å². The zero-order valence-electron chi connectivity index (χ0n) is 19.4. The van der Waals surface area contributed by atoms with Gasteiger partial charge >= 0.3 is 5.97 Å². The number of carboxylic acids is 1. The number of rotatable bonds is 10. The number of carbonyl (C=O) groups is 1. The average molecular weight is 485 g/mol. The monoisotopic (exact) mass is 484 g/mol. The highest BCUT2D eigenvalue weighted by atomic mass is 32.2. The van der Waals surface area contributed by atoms with Crippen LogP contribution in [0.15, 0.2) is 59.5 Å². The van der Waals surface area contributed by atoms with Gasteiger partial charge in [-0.1, -0.05) is 26.0 Å². The largest absolute Gasteiger partial charge is 0.481 e. The maximum absolute atomic E-state index is 13.7. The molecule has 0 aliphatic heterocycles. The van der Waals surface area contributed by atoms with Gasteiger partial charge in [-0.2, -0.15) is 0 Å². The molecule has 0 aliphatic carbocycles. The quantitative estimate of drug-likeness (QED) is 0.340. The highest BCUT2D eigenvalue weighted by Crippen LogP contribution is 2.36. The number of aliphatic hydroxyl groups is 2. The summed E-state index contributed by atoms with van der Waals surface area (Å²) < 4.78 is 15.6. The number of hydrogen-bond donors (Lipinski definition) is 3. The summed E-state index contributed by atoms with van der Waals surface area (Å²) in [6, 6.07) is 14.2. The Kier molecular flexibility index (Phi) is 8.66. The van der Waals surface area contributed by atoms with E-state index < -0.39 is 24.6 Å². The number of imidazole rings is 1. The molecule has 180 valence electrons. The lowest BCUT2D eigenvalue weighted by atomic mass is 10.0. The van der Waals surface area contributed by atoms with Gasteiger partial charge in [0, 0.05) is 34.6 Å². The van der Waals surface area contributed by atoms with Crippen molar-refractivity contribution in [3.63, 3.8) is 0 Å². The summed E-state index contributed by atoms with van der Waals surface area (Å²) >= 11 is 1.63. The Labute approximate surface area is 202 Å². The van der Waals surface area contributed by atoms with Gasteiger partial charge in [-0.05, 0) is 48.7 Å². The molecule has 0 fully saturated rings. The second kappa shape index (κ2) is 11.5. The number of thioether (sulfide) groups is 1. The molecule has 0 saturated carbocycles. The van der Waals surface area contributed by atoms with Crippen LogP contribution in [0.5, 0.6) is 0 Å². The maximum atomic E-state index is 13.7. The molecule has 2 unspecified atom stereocenters. The molecule has 2 atom stereocenters. The molecule has 6 nitrogen and oxygen atoms in total.